The number of aryl methyl sites for hydroxylation is 1. The van der Waals surface area contributed by atoms with E-state index >= 15 is 0 Å². The van der Waals surface area contributed by atoms with Gasteiger partial charge in [-0.2, -0.15) is 0 Å². The molecule has 0 unspecified atom stereocenters. The highest BCUT2D eigenvalue weighted by Crippen LogP contribution is 2.27. The number of nitrogens with zero attached hydrogens (tertiary/aromatic N) is 1. The average molecular weight is 319 g/mol. The van der Waals surface area contributed by atoms with E-state index in [4.69, 9.17) is 4.74 Å². The zero-order valence-corrected chi connectivity index (χ0v) is 13.4. The van der Waals surface area contributed by atoms with Gasteiger partial charge in [-0.25, -0.2) is 8.42 Å². The van der Waals surface area contributed by atoms with E-state index in [-0.39, 0.29) is 4.90 Å². The summed E-state index contributed by atoms with van der Waals surface area (Å²) in [6.07, 6.45) is 0.634. The van der Waals surface area contributed by atoms with Crippen LogP contribution in [0.3, 0.4) is 0 Å². The number of methoxy groups -OCH3 is 1. The van der Waals surface area contributed by atoms with Crippen LogP contribution < -0.4 is 9.04 Å². The minimum Gasteiger partial charge on any atom is -0.496 e. The fourth-order valence-electron chi connectivity index (χ4n) is 2.02. The Bertz CT molecular complexity index is 782. The Kier molecular flexibility index (Phi) is 4.51. The number of sulfonamides is 1. The molecule has 6 heteroatoms. The number of rotatable bonds is 5. The molecular weight excluding hydrogens is 302 g/mol. The number of hydrogen-bond acceptors (Lipinski definition) is 4. The smallest absolute Gasteiger partial charge is 0.264 e. The van der Waals surface area contributed by atoms with Crippen molar-refractivity contribution >= 4 is 22.0 Å². The summed E-state index contributed by atoms with van der Waals surface area (Å²) in [4.78, 5) is 11.3. The van der Waals surface area contributed by atoms with E-state index in [1.165, 1.54) is 20.2 Å². The molecule has 0 bridgehead atoms. The third-order valence-electron chi connectivity index (χ3n) is 3.38. The van der Waals surface area contributed by atoms with E-state index in [1.54, 1.807) is 36.4 Å². The number of carbonyl (C=O) groups is 1. The lowest BCUT2D eigenvalue weighted by Gasteiger charge is -2.20. The maximum Gasteiger partial charge on any atom is 0.264 e. The third kappa shape index (κ3) is 2.96. The molecule has 0 N–H and O–H groups in total. The molecule has 5 nitrogen and oxygen atoms in total. The van der Waals surface area contributed by atoms with Gasteiger partial charge in [-0.05, 0) is 37.3 Å². The number of hydrogen-bond donors (Lipinski definition) is 0. The van der Waals surface area contributed by atoms with E-state index in [0.717, 1.165) is 9.87 Å². The topological polar surface area (TPSA) is 63.7 Å². The van der Waals surface area contributed by atoms with Crippen LogP contribution in [-0.4, -0.2) is 28.9 Å². The molecule has 0 aromatic heterocycles. The van der Waals surface area contributed by atoms with Crippen LogP contribution in [0, 0.1) is 6.92 Å². The molecule has 0 aliphatic carbocycles. The standard InChI is InChI=1S/C16H17NO4S/c1-12-4-7-15(8-5-12)22(19,20)17(2)14-6-9-16(21-3)13(10-14)11-18/h4-11H,1-3H3. The normalized spacial score (nSPS) is 11.0. The van der Waals surface area contributed by atoms with Crippen LogP contribution in [0.15, 0.2) is 47.4 Å². The summed E-state index contributed by atoms with van der Waals surface area (Å²) in [6, 6.07) is 11.3. The van der Waals surface area contributed by atoms with Crippen LogP contribution in [0.4, 0.5) is 5.69 Å². The minimum absolute atomic E-state index is 0.198. The van der Waals surface area contributed by atoms with Crippen molar-refractivity contribution in [3.63, 3.8) is 0 Å². The highest BCUT2D eigenvalue weighted by molar-refractivity contribution is 7.92. The van der Waals surface area contributed by atoms with Crippen molar-refractivity contribution in [1.29, 1.82) is 0 Å². The molecule has 0 amide bonds. The molecule has 2 rings (SSSR count). The summed E-state index contributed by atoms with van der Waals surface area (Å²) in [5, 5.41) is 0. The maximum atomic E-state index is 12.6. The number of anilines is 1. The van der Waals surface area contributed by atoms with E-state index in [1.807, 2.05) is 6.92 Å². The van der Waals surface area contributed by atoms with Crippen LogP contribution in [0.2, 0.25) is 0 Å². The minimum atomic E-state index is -3.68. The Morgan fingerprint density at radius 2 is 1.73 bits per heavy atom. The second kappa shape index (κ2) is 6.19. The number of aldehydes is 1. The lowest BCUT2D eigenvalue weighted by Crippen LogP contribution is -2.26. The summed E-state index contributed by atoms with van der Waals surface area (Å²) in [6.45, 7) is 1.89. The maximum absolute atomic E-state index is 12.6. The van der Waals surface area contributed by atoms with Crippen molar-refractivity contribution in [1.82, 2.24) is 0 Å². The van der Waals surface area contributed by atoms with Gasteiger partial charge in [-0.1, -0.05) is 17.7 Å². The second-order valence-electron chi connectivity index (χ2n) is 4.83. The molecule has 0 saturated carbocycles. The molecule has 2 aromatic carbocycles. The van der Waals surface area contributed by atoms with E-state index < -0.39 is 10.0 Å². The van der Waals surface area contributed by atoms with Gasteiger partial charge in [0.05, 0.1) is 23.3 Å². The highest BCUT2D eigenvalue weighted by Gasteiger charge is 2.21. The number of carbonyl (C=O) groups excluding carboxylic acids is 1. The molecule has 0 radical (unpaired) electrons. The summed E-state index contributed by atoms with van der Waals surface area (Å²) >= 11 is 0. The predicted octanol–water partition coefficient (Wildman–Crippen LogP) is 2.64. The molecule has 0 fully saturated rings. The Morgan fingerprint density at radius 1 is 1.09 bits per heavy atom. The first-order valence-corrected chi connectivity index (χ1v) is 8.03. The third-order valence-corrected chi connectivity index (χ3v) is 5.18. The summed E-state index contributed by atoms with van der Waals surface area (Å²) in [5.74, 6) is 0.403. The number of ether oxygens (including phenoxy) is 1. The average Bonchev–Trinajstić information content (AvgIpc) is 2.53. The van der Waals surface area contributed by atoms with Gasteiger partial charge in [0, 0.05) is 7.05 Å². The first-order valence-electron chi connectivity index (χ1n) is 6.59. The zero-order chi connectivity index (χ0) is 16.3. The summed E-state index contributed by atoms with van der Waals surface area (Å²) in [5.41, 5.74) is 1.67. The number of benzene rings is 2. The van der Waals surface area contributed by atoms with Crippen molar-refractivity contribution in [3.05, 3.63) is 53.6 Å². The first kappa shape index (κ1) is 16.0. The van der Waals surface area contributed by atoms with Gasteiger partial charge in [0.25, 0.3) is 10.0 Å². The SMILES string of the molecule is COc1ccc(N(C)S(=O)(=O)c2ccc(C)cc2)cc1C=O. The molecular formula is C16H17NO4S. The first-order chi connectivity index (χ1) is 10.4. The fraction of sp³-hybridized carbons (Fsp3) is 0.188. The molecule has 0 heterocycles. The molecule has 0 spiro atoms. The Labute approximate surface area is 130 Å². The van der Waals surface area contributed by atoms with Crippen molar-refractivity contribution in [2.45, 2.75) is 11.8 Å². The van der Waals surface area contributed by atoms with E-state index in [9.17, 15) is 13.2 Å². The lowest BCUT2D eigenvalue weighted by molar-refractivity contribution is 0.112. The van der Waals surface area contributed by atoms with Crippen molar-refractivity contribution in [2.24, 2.45) is 0 Å². The Morgan fingerprint density at radius 3 is 2.27 bits per heavy atom. The van der Waals surface area contributed by atoms with Gasteiger partial charge < -0.3 is 4.74 Å². The molecule has 0 aliphatic heterocycles. The molecule has 0 aliphatic rings. The van der Waals surface area contributed by atoms with Gasteiger partial charge in [0.1, 0.15) is 5.75 Å². The van der Waals surface area contributed by atoms with E-state index in [2.05, 4.69) is 0 Å². The van der Waals surface area contributed by atoms with E-state index in [0.29, 0.717) is 23.3 Å². The molecule has 0 saturated heterocycles. The monoisotopic (exact) mass is 319 g/mol. The van der Waals surface area contributed by atoms with Crippen LogP contribution in [0.1, 0.15) is 15.9 Å². The predicted molar refractivity (Wildman–Crippen MR) is 85.1 cm³/mol. The highest BCUT2D eigenvalue weighted by atomic mass is 32.2. The lowest BCUT2D eigenvalue weighted by atomic mass is 10.2. The molecule has 116 valence electrons. The fourth-order valence-corrected chi connectivity index (χ4v) is 3.20. The molecule has 0 atom stereocenters. The molecule has 2 aromatic rings. The van der Waals surface area contributed by atoms with Gasteiger partial charge >= 0.3 is 0 Å². The van der Waals surface area contributed by atoms with Crippen LogP contribution in [0.25, 0.3) is 0 Å². The quantitative estimate of drug-likeness (QED) is 0.795. The van der Waals surface area contributed by atoms with Crippen molar-refractivity contribution < 1.29 is 17.9 Å². The van der Waals surface area contributed by atoms with Crippen molar-refractivity contribution in [2.75, 3.05) is 18.5 Å². The van der Waals surface area contributed by atoms with Gasteiger partial charge in [0.2, 0.25) is 0 Å². The Hall–Kier alpha value is -2.34. The zero-order valence-electron chi connectivity index (χ0n) is 12.6. The van der Waals surface area contributed by atoms with Crippen LogP contribution in [0.5, 0.6) is 5.75 Å². The van der Waals surface area contributed by atoms with Crippen LogP contribution >= 0.6 is 0 Å². The second-order valence-corrected chi connectivity index (χ2v) is 6.80. The molecule has 22 heavy (non-hydrogen) atoms. The van der Waals surface area contributed by atoms with Gasteiger partial charge in [-0.3, -0.25) is 9.10 Å². The van der Waals surface area contributed by atoms with Gasteiger partial charge in [-0.15, -0.1) is 0 Å². The van der Waals surface area contributed by atoms with Gasteiger partial charge in [0.15, 0.2) is 6.29 Å². The summed E-state index contributed by atoms with van der Waals surface area (Å²) in [7, 11) is -0.774. The largest absolute Gasteiger partial charge is 0.496 e. The summed E-state index contributed by atoms with van der Waals surface area (Å²) < 4.78 is 31.4. The van der Waals surface area contributed by atoms with Crippen LogP contribution in [-0.2, 0) is 10.0 Å². The van der Waals surface area contributed by atoms with Crippen molar-refractivity contribution in [3.8, 4) is 5.75 Å². The Balaban J connectivity index is 2.44.